The normalized spacial score (nSPS) is 13.1. The molecule has 0 amide bonds. The number of ether oxygens (including phenoxy) is 3. The molecule has 0 aliphatic rings. The van der Waals surface area contributed by atoms with Gasteiger partial charge in [0, 0.05) is 19.3 Å². The summed E-state index contributed by atoms with van der Waals surface area (Å²) in [6, 6.07) is 0. The van der Waals surface area contributed by atoms with E-state index in [0.29, 0.717) is 12.8 Å². The molecule has 1 atom stereocenters. The molecule has 1 unspecified atom stereocenters. The number of carbonyl (C=O) groups excluding carboxylic acids is 3. The van der Waals surface area contributed by atoms with Crippen molar-refractivity contribution in [2.24, 2.45) is 0 Å². The number of hydrogen-bond acceptors (Lipinski definition) is 6. The molecule has 0 spiro atoms. The fourth-order valence-corrected chi connectivity index (χ4v) is 7.59. The lowest BCUT2D eigenvalue weighted by Crippen LogP contribution is -2.30. The van der Waals surface area contributed by atoms with Crippen LogP contribution in [0.3, 0.4) is 0 Å². The number of allylic oxidation sites excluding steroid dienone is 22. The van der Waals surface area contributed by atoms with Crippen molar-refractivity contribution < 1.29 is 28.6 Å². The van der Waals surface area contributed by atoms with Crippen LogP contribution in [-0.4, -0.2) is 37.2 Å². The molecule has 0 saturated heterocycles. The number of unbranched alkanes of at least 4 members (excludes halogenated alkanes) is 18. The van der Waals surface area contributed by atoms with Gasteiger partial charge in [0.2, 0.25) is 0 Å². The summed E-state index contributed by atoms with van der Waals surface area (Å²) in [6.07, 6.45) is 83.3. The van der Waals surface area contributed by atoms with E-state index in [0.717, 1.165) is 135 Å². The number of hydrogen-bond donors (Lipinski definition) is 0. The van der Waals surface area contributed by atoms with Crippen LogP contribution in [0, 0.1) is 0 Å². The predicted octanol–water partition coefficient (Wildman–Crippen LogP) is 19.8. The van der Waals surface area contributed by atoms with E-state index in [1.165, 1.54) is 70.6 Å². The predicted molar refractivity (Wildman–Crippen MR) is 311 cm³/mol. The fraction of sp³-hybridized carbons (Fsp3) is 0.621. The first-order chi connectivity index (χ1) is 35.5. The van der Waals surface area contributed by atoms with E-state index in [-0.39, 0.29) is 37.5 Å². The Balaban J connectivity index is 4.19. The minimum Gasteiger partial charge on any atom is -0.462 e. The Hall–Kier alpha value is -4.45. The van der Waals surface area contributed by atoms with Gasteiger partial charge in [0.1, 0.15) is 13.2 Å². The summed E-state index contributed by atoms with van der Waals surface area (Å²) < 4.78 is 16.7. The molecule has 0 aliphatic carbocycles. The van der Waals surface area contributed by atoms with Gasteiger partial charge in [-0.25, -0.2) is 0 Å². The van der Waals surface area contributed by atoms with Crippen LogP contribution in [0.5, 0.6) is 0 Å². The zero-order valence-electron chi connectivity index (χ0n) is 46.4. The maximum atomic E-state index is 12.8. The lowest BCUT2D eigenvalue weighted by atomic mass is 10.1. The number of esters is 3. The van der Waals surface area contributed by atoms with E-state index in [2.05, 4.69) is 154 Å². The van der Waals surface area contributed by atoms with E-state index in [1.807, 2.05) is 0 Å². The van der Waals surface area contributed by atoms with Gasteiger partial charge in [-0.05, 0) is 116 Å². The SMILES string of the molecule is CC/C=C\C/C=C\C/C=C\C/C=C\C/C=C\C/C=C\CCCCCCCCCCCCC(=O)OCC(COC(=O)CCCCCCCC)OC(=O)CCCCC/C=C\C/C=C\C/C=C\C/C=C\C/C=C\CC. The highest BCUT2D eigenvalue weighted by Crippen LogP contribution is 2.14. The van der Waals surface area contributed by atoms with Crippen molar-refractivity contribution in [3.8, 4) is 0 Å². The minimum absolute atomic E-state index is 0.0960. The maximum Gasteiger partial charge on any atom is 0.306 e. The molecule has 0 heterocycles. The Morgan fingerprint density at radius 1 is 0.292 bits per heavy atom. The van der Waals surface area contributed by atoms with Crippen molar-refractivity contribution >= 4 is 17.9 Å². The Kier molecular flexibility index (Phi) is 55.5. The molecule has 0 bridgehead atoms. The van der Waals surface area contributed by atoms with Gasteiger partial charge in [-0.1, -0.05) is 244 Å². The lowest BCUT2D eigenvalue weighted by Gasteiger charge is -2.18. The molecular weight excluding hydrogens is 889 g/mol. The molecular formula is C66H106O6. The van der Waals surface area contributed by atoms with Crippen molar-refractivity contribution in [2.45, 2.75) is 252 Å². The summed E-state index contributed by atoms with van der Waals surface area (Å²) in [7, 11) is 0. The van der Waals surface area contributed by atoms with Crippen LogP contribution in [0.4, 0.5) is 0 Å². The molecule has 6 heteroatoms. The molecule has 72 heavy (non-hydrogen) atoms. The first-order valence-corrected chi connectivity index (χ1v) is 29.2. The van der Waals surface area contributed by atoms with Crippen LogP contribution >= 0.6 is 0 Å². The molecule has 0 aromatic carbocycles. The van der Waals surface area contributed by atoms with Gasteiger partial charge >= 0.3 is 17.9 Å². The second-order valence-electron chi connectivity index (χ2n) is 18.8. The van der Waals surface area contributed by atoms with E-state index < -0.39 is 6.10 Å². The average molecular weight is 996 g/mol. The molecule has 0 saturated carbocycles. The Bertz CT molecular complexity index is 1560. The zero-order chi connectivity index (χ0) is 52.2. The first kappa shape index (κ1) is 67.5. The monoisotopic (exact) mass is 995 g/mol. The molecule has 6 nitrogen and oxygen atoms in total. The third-order valence-corrected chi connectivity index (χ3v) is 11.9. The second-order valence-corrected chi connectivity index (χ2v) is 18.8. The van der Waals surface area contributed by atoms with Crippen LogP contribution in [0.15, 0.2) is 134 Å². The Morgan fingerprint density at radius 2 is 0.542 bits per heavy atom. The Labute approximate surface area is 443 Å². The topological polar surface area (TPSA) is 78.9 Å². The highest BCUT2D eigenvalue weighted by Gasteiger charge is 2.19. The molecule has 0 fully saturated rings. The summed E-state index contributed by atoms with van der Waals surface area (Å²) in [5.41, 5.74) is 0. The molecule has 0 radical (unpaired) electrons. The highest BCUT2D eigenvalue weighted by atomic mass is 16.6. The molecule has 0 aromatic rings. The van der Waals surface area contributed by atoms with Gasteiger partial charge < -0.3 is 14.2 Å². The zero-order valence-corrected chi connectivity index (χ0v) is 46.4. The van der Waals surface area contributed by atoms with Gasteiger partial charge in [0.15, 0.2) is 6.10 Å². The minimum atomic E-state index is -0.798. The first-order valence-electron chi connectivity index (χ1n) is 29.2. The summed E-state index contributed by atoms with van der Waals surface area (Å²) >= 11 is 0. The molecule has 406 valence electrons. The summed E-state index contributed by atoms with van der Waals surface area (Å²) in [5.74, 6) is -0.947. The van der Waals surface area contributed by atoms with Gasteiger partial charge in [-0.15, -0.1) is 0 Å². The van der Waals surface area contributed by atoms with Crippen LogP contribution in [0.25, 0.3) is 0 Å². The molecule has 0 aromatic heterocycles. The smallest absolute Gasteiger partial charge is 0.306 e. The van der Waals surface area contributed by atoms with Crippen molar-refractivity contribution in [1.29, 1.82) is 0 Å². The second kappa shape index (κ2) is 59.1. The highest BCUT2D eigenvalue weighted by molar-refractivity contribution is 5.71. The third kappa shape index (κ3) is 56.5. The van der Waals surface area contributed by atoms with E-state index in [9.17, 15) is 14.4 Å². The largest absolute Gasteiger partial charge is 0.462 e. The van der Waals surface area contributed by atoms with Gasteiger partial charge in [-0.2, -0.15) is 0 Å². The van der Waals surface area contributed by atoms with Crippen molar-refractivity contribution in [3.63, 3.8) is 0 Å². The molecule has 0 N–H and O–H groups in total. The van der Waals surface area contributed by atoms with Gasteiger partial charge in [-0.3, -0.25) is 14.4 Å². The van der Waals surface area contributed by atoms with Crippen LogP contribution in [-0.2, 0) is 28.6 Å². The number of rotatable bonds is 51. The Morgan fingerprint density at radius 3 is 0.861 bits per heavy atom. The van der Waals surface area contributed by atoms with Crippen LogP contribution in [0.1, 0.15) is 245 Å². The summed E-state index contributed by atoms with van der Waals surface area (Å²) in [5, 5.41) is 0. The van der Waals surface area contributed by atoms with Crippen molar-refractivity contribution in [2.75, 3.05) is 13.2 Å². The fourth-order valence-electron chi connectivity index (χ4n) is 7.59. The van der Waals surface area contributed by atoms with Crippen LogP contribution < -0.4 is 0 Å². The standard InChI is InChI=1S/C66H106O6/c1-4-7-10-13-16-18-20-22-24-26-28-29-30-31-32-33-34-35-36-37-39-40-42-44-46-48-50-53-56-59-65(68)71-62-63(61-70-64(67)58-55-52-15-12-9-6-3)72-66(69)60-57-54-51-49-47-45-43-41-38-27-25-23-21-19-17-14-11-8-5-2/h7-8,10-11,16-19,22-25,28-29,31-32,34-35,38,41,45,47,63H,4-6,9,12-15,20-21,26-27,30,33,36-37,39-40,42-44,46,48-62H2,1-3H3/b10-7-,11-8-,18-16-,19-17-,24-22-,25-23-,29-28-,32-31-,35-34-,41-38-,47-45-. The number of carbonyl (C=O) groups is 3. The van der Waals surface area contributed by atoms with Crippen molar-refractivity contribution in [3.05, 3.63) is 134 Å². The summed E-state index contributed by atoms with van der Waals surface area (Å²) in [4.78, 5) is 37.9. The van der Waals surface area contributed by atoms with Gasteiger partial charge in [0.25, 0.3) is 0 Å². The van der Waals surface area contributed by atoms with Crippen molar-refractivity contribution in [1.82, 2.24) is 0 Å². The maximum absolute atomic E-state index is 12.8. The quantitative estimate of drug-likeness (QED) is 0.0261. The van der Waals surface area contributed by atoms with E-state index in [1.54, 1.807) is 0 Å². The van der Waals surface area contributed by atoms with Gasteiger partial charge in [0.05, 0.1) is 0 Å². The van der Waals surface area contributed by atoms with Crippen LogP contribution in [0.2, 0.25) is 0 Å². The third-order valence-electron chi connectivity index (χ3n) is 11.9. The average Bonchev–Trinajstić information content (AvgIpc) is 3.38. The molecule has 0 aliphatic heterocycles. The summed E-state index contributed by atoms with van der Waals surface area (Å²) in [6.45, 7) is 6.31. The molecule has 0 rings (SSSR count). The van der Waals surface area contributed by atoms with E-state index in [4.69, 9.17) is 14.2 Å². The van der Waals surface area contributed by atoms with E-state index >= 15 is 0 Å². The lowest BCUT2D eigenvalue weighted by molar-refractivity contribution is -0.167.